The molecule has 1 N–H and O–H groups in total. The fourth-order valence-corrected chi connectivity index (χ4v) is 3.83. The van der Waals surface area contributed by atoms with E-state index in [9.17, 15) is 4.79 Å². The number of anilines is 3. The Morgan fingerprint density at radius 1 is 1.14 bits per heavy atom. The van der Waals surface area contributed by atoms with E-state index in [1.165, 1.54) is 11.1 Å². The molecule has 0 bridgehead atoms. The highest BCUT2D eigenvalue weighted by atomic mass is 16.2. The molecule has 4 rings (SSSR count). The van der Waals surface area contributed by atoms with Crippen molar-refractivity contribution in [3.63, 3.8) is 0 Å². The van der Waals surface area contributed by atoms with E-state index in [1.807, 2.05) is 23.1 Å². The van der Waals surface area contributed by atoms with Crippen molar-refractivity contribution in [3.8, 4) is 0 Å². The van der Waals surface area contributed by atoms with Crippen molar-refractivity contribution in [2.24, 2.45) is 0 Å². The van der Waals surface area contributed by atoms with Gasteiger partial charge in [-0.05, 0) is 49.4 Å². The predicted octanol–water partition coefficient (Wildman–Crippen LogP) is 4.68. The van der Waals surface area contributed by atoms with Crippen molar-refractivity contribution < 1.29 is 4.79 Å². The fourth-order valence-electron chi connectivity index (χ4n) is 3.83. The van der Waals surface area contributed by atoms with Crippen LogP contribution in [0.4, 0.5) is 17.2 Å². The summed E-state index contributed by atoms with van der Waals surface area (Å²) in [7, 11) is 0. The third-order valence-electron chi connectivity index (χ3n) is 5.29. The molecule has 1 atom stereocenters. The molecule has 5 nitrogen and oxygen atoms in total. The quantitative estimate of drug-likeness (QED) is 0.722. The highest BCUT2D eigenvalue weighted by molar-refractivity contribution is 6.06. The zero-order chi connectivity index (χ0) is 19.7. The summed E-state index contributed by atoms with van der Waals surface area (Å²) in [5, 5.41) is 3.35. The Labute approximate surface area is 165 Å². The molecule has 2 aromatic carbocycles. The van der Waals surface area contributed by atoms with Gasteiger partial charge in [0.05, 0.1) is 12.4 Å². The number of aryl methyl sites for hydroxylation is 2. The Morgan fingerprint density at radius 2 is 1.96 bits per heavy atom. The monoisotopic (exact) mass is 372 g/mol. The van der Waals surface area contributed by atoms with E-state index in [-0.39, 0.29) is 11.9 Å². The Balaban J connectivity index is 1.57. The van der Waals surface area contributed by atoms with E-state index in [0.29, 0.717) is 11.5 Å². The molecule has 28 heavy (non-hydrogen) atoms. The number of carbonyl (C=O) groups is 1. The van der Waals surface area contributed by atoms with E-state index in [1.54, 1.807) is 12.4 Å². The van der Waals surface area contributed by atoms with Gasteiger partial charge in [-0.2, -0.15) is 0 Å². The van der Waals surface area contributed by atoms with E-state index in [2.05, 4.69) is 60.3 Å². The van der Waals surface area contributed by atoms with Crippen LogP contribution in [0.25, 0.3) is 0 Å². The molecule has 5 heteroatoms. The lowest BCUT2D eigenvalue weighted by Crippen LogP contribution is -2.36. The molecule has 142 valence electrons. The molecule has 0 fully saturated rings. The van der Waals surface area contributed by atoms with Crippen LogP contribution in [0.15, 0.2) is 54.9 Å². The van der Waals surface area contributed by atoms with Crippen molar-refractivity contribution in [1.29, 1.82) is 0 Å². The maximum atomic E-state index is 13.0. The third-order valence-corrected chi connectivity index (χ3v) is 5.29. The van der Waals surface area contributed by atoms with E-state index < -0.39 is 0 Å². The van der Waals surface area contributed by atoms with Crippen LogP contribution in [0.5, 0.6) is 0 Å². The van der Waals surface area contributed by atoms with E-state index in [4.69, 9.17) is 0 Å². The van der Waals surface area contributed by atoms with Crippen LogP contribution in [-0.2, 0) is 12.8 Å². The van der Waals surface area contributed by atoms with E-state index >= 15 is 0 Å². The van der Waals surface area contributed by atoms with Gasteiger partial charge in [-0.25, -0.2) is 9.97 Å². The molecule has 1 aliphatic rings. The van der Waals surface area contributed by atoms with Crippen LogP contribution in [-0.4, -0.2) is 21.9 Å². The summed E-state index contributed by atoms with van der Waals surface area (Å²) in [5.74, 6) is 0.525. The van der Waals surface area contributed by atoms with Gasteiger partial charge in [-0.1, -0.05) is 43.3 Å². The SMILES string of the molecule is CCc1cccc(C)c1Nc1cnc(C(=O)N2c3ccccc3CC2C)cn1. The van der Waals surface area contributed by atoms with Crippen molar-refractivity contribution in [3.05, 3.63) is 77.2 Å². The average molecular weight is 372 g/mol. The number of aromatic nitrogens is 2. The summed E-state index contributed by atoms with van der Waals surface area (Å²) in [5.41, 5.74) is 5.96. The minimum Gasteiger partial charge on any atom is -0.339 e. The van der Waals surface area contributed by atoms with Gasteiger partial charge in [0.15, 0.2) is 0 Å². The number of para-hydroxylation sites is 2. The first-order valence-corrected chi connectivity index (χ1v) is 9.67. The second-order valence-corrected chi connectivity index (χ2v) is 7.23. The molecular formula is C23H24N4O. The lowest BCUT2D eigenvalue weighted by Gasteiger charge is -2.22. The molecule has 0 radical (unpaired) electrons. The summed E-state index contributed by atoms with van der Waals surface area (Å²) in [6.07, 6.45) is 4.98. The summed E-state index contributed by atoms with van der Waals surface area (Å²) >= 11 is 0. The second-order valence-electron chi connectivity index (χ2n) is 7.23. The van der Waals surface area contributed by atoms with E-state index in [0.717, 1.165) is 29.8 Å². The van der Waals surface area contributed by atoms with Gasteiger partial charge in [0.25, 0.3) is 5.91 Å². The first kappa shape index (κ1) is 18.2. The Bertz CT molecular complexity index is 1010. The molecular weight excluding hydrogens is 348 g/mol. The van der Waals surface area contributed by atoms with Crippen LogP contribution >= 0.6 is 0 Å². The largest absolute Gasteiger partial charge is 0.339 e. The topological polar surface area (TPSA) is 58.1 Å². The van der Waals surface area contributed by atoms with Crippen molar-refractivity contribution in [2.45, 2.75) is 39.7 Å². The van der Waals surface area contributed by atoms with Gasteiger partial charge in [-0.3, -0.25) is 4.79 Å². The smallest absolute Gasteiger partial charge is 0.278 e. The maximum Gasteiger partial charge on any atom is 0.278 e. The zero-order valence-corrected chi connectivity index (χ0v) is 16.4. The van der Waals surface area contributed by atoms with Crippen LogP contribution in [0, 0.1) is 6.92 Å². The Kier molecular flexibility index (Phi) is 4.82. The van der Waals surface area contributed by atoms with Crippen LogP contribution in [0.1, 0.15) is 41.0 Å². The first-order chi connectivity index (χ1) is 13.6. The highest BCUT2D eigenvalue weighted by Gasteiger charge is 2.31. The fraction of sp³-hybridized carbons (Fsp3) is 0.261. The molecule has 1 aromatic heterocycles. The summed E-state index contributed by atoms with van der Waals surface area (Å²) < 4.78 is 0. The summed E-state index contributed by atoms with van der Waals surface area (Å²) in [4.78, 5) is 23.7. The second kappa shape index (κ2) is 7.43. The predicted molar refractivity (Wildman–Crippen MR) is 112 cm³/mol. The molecule has 1 unspecified atom stereocenters. The average Bonchev–Trinajstić information content (AvgIpc) is 3.05. The molecule has 1 aliphatic heterocycles. The standard InChI is InChI=1S/C23H24N4O/c1-4-17-10-7-8-15(2)22(17)26-21-14-24-19(13-25-21)23(28)27-16(3)12-18-9-5-6-11-20(18)27/h5-11,13-14,16H,4,12H2,1-3H3,(H,25,26). The van der Waals surface area contributed by atoms with Crippen LogP contribution in [0.2, 0.25) is 0 Å². The highest BCUT2D eigenvalue weighted by Crippen LogP contribution is 2.33. The lowest BCUT2D eigenvalue weighted by molar-refractivity contribution is 0.0976. The third kappa shape index (κ3) is 3.24. The number of hydrogen-bond donors (Lipinski definition) is 1. The summed E-state index contributed by atoms with van der Waals surface area (Å²) in [6, 6.07) is 14.4. The molecule has 1 amide bonds. The Morgan fingerprint density at radius 3 is 2.71 bits per heavy atom. The number of hydrogen-bond acceptors (Lipinski definition) is 4. The van der Waals surface area contributed by atoms with Crippen molar-refractivity contribution in [1.82, 2.24) is 9.97 Å². The molecule has 0 saturated heterocycles. The number of nitrogens with zero attached hydrogens (tertiary/aromatic N) is 3. The van der Waals surface area contributed by atoms with Gasteiger partial charge in [-0.15, -0.1) is 0 Å². The number of rotatable bonds is 4. The van der Waals surface area contributed by atoms with Crippen molar-refractivity contribution >= 4 is 23.1 Å². The number of benzene rings is 2. The minimum absolute atomic E-state index is 0.110. The number of nitrogens with one attached hydrogen (secondary N) is 1. The van der Waals surface area contributed by atoms with Gasteiger partial charge in [0.2, 0.25) is 0 Å². The number of carbonyl (C=O) groups excluding carboxylic acids is 1. The minimum atomic E-state index is -0.110. The first-order valence-electron chi connectivity index (χ1n) is 9.67. The number of amides is 1. The number of fused-ring (bicyclic) bond motifs is 1. The zero-order valence-electron chi connectivity index (χ0n) is 16.4. The summed E-state index contributed by atoms with van der Waals surface area (Å²) in [6.45, 7) is 6.26. The van der Waals surface area contributed by atoms with Gasteiger partial charge in [0.1, 0.15) is 11.5 Å². The van der Waals surface area contributed by atoms with Gasteiger partial charge < -0.3 is 10.2 Å². The molecule has 3 aromatic rings. The maximum absolute atomic E-state index is 13.0. The molecule has 0 spiro atoms. The molecule has 0 saturated carbocycles. The molecule has 2 heterocycles. The molecule has 0 aliphatic carbocycles. The van der Waals surface area contributed by atoms with Crippen LogP contribution in [0.3, 0.4) is 0 Å². The van der Waals surface area contributed by atoms with Crippen LogP contribution < -0.4 is 10.2 Å². The lowest BCUT2D eigenvalue weighted by atomic mass is 10.1. The van der Waals surface area contributed by atoms with Gasteiger partial charge >= 0.3 is 0 Å². The van der Waals surface area contributed by atoms with Crippen molar-refractivity contribution in [2.75, 3.05) is 10.2 Å². The van der Waals surface area contributed by atoms with Gasteiger partial charge in [0, 0.05) is 17.4 Å². The normalized spacial score (nSPS) is 15.4. The Hall–Kier alpha value is -3.21.